The molecule has 0 aliphatic heterocycles. The summed E-state index contributed by atoms with van der Waals surface area (Å²) < 4.78 is 0. The highest BCUT2D eigenvalue weighted by Gasteiger charge is 2.08. The van der Waals surface area contributed by atoms with Crippen LogP contribution in [0.1, 0.15) is 6.42 Å². The Hall–Kier alpha value is -1.75. The van der Waals surface area contributed by atoms with E-state index in [1.165, 1.54) is 0 Å². The Labute approximate surface area is 70.9 Å². The smallest absolute Gasteiger partial charge is 0.331 e. The SMILES string of the molecule is C#CC1=CC=CC=C(C(=O)O)C1. The van der Waals surface area contributed by atoms with Crippen molar-refractivity contribution >= 4 is 5.97 Å². The monoisotopic (exact) mass is 160 g/mol. The van der Waals surface area contributed by atoms with Gasteiger partial charge in [-0.15, -0.1) is 6.42 Å². The second-order valence-electron chi connectivity index (χ2n) is 2.39. The van der Waals surface area contributed by atoms with Crippen molar-refractivity contribution in [1.29, 1.82) is 0 Å². The van der Waals surface area contributed by atoms with Gasteiger partial charge in [0.1, 0.15) is 0 Å². The van der Waals surface area contributed by atoms with Crippen LogP contribution in [0.5, 0.6) is 0 Å². The summed E-state index contributed by atoms with van der Waals surface area (Å²) in [5, 5.41) is 8.68. The van der Waals surface area contributed by atoms with Crippen molar-refractivity contribution < 1.29 is 9.90 Å². The summed E-state index contributed by atoms with van der Waals surface area (Å²) in [5.41, 5.74) is 1.02. The normalized spacial score (nSPS) is 15.6. The van der Waals surface area contributed by atoms with Crippen molar-refractivity contribution in [2.75, 3.05) is 0 Å². The molecule has 0 bridgehead atoms. The lowest BCUT2D eigenvalue weighted by Crippen LogP contribution is -2.00. The molecule has 12 heavy (non-hydrogen) atoms. The van der Waals surface area contributed by atoms with Crippen molar-refractivity contribution in [3.8, 4) is 12.3 Å². The molecule has 0 atom stereocenters. The average molecular weight is 160 g/mol. The van der Waals surface area contributed by atoms with Crippen LogP contribution in [0.25, 0.3) is 0 Å². The molecule has 0 aromatic carbocycles. The topological polar surface area (TPSA) is 37.3 Å². The lowest BCUT2D eigenvalue weighted by molar-refractivity contribution is -0.132. The molecule has 0 fully saturated rings. The first kappa shape index (κ1) is 8.35. The second-order valence-corrected chi connectivity index (χ2v) is 2.39. The van der Waals surface area contributed by atoms with E-state index in [-0.39, 0.29) is 0 Å². The summed E-state index contributed by atoms with van der Waals surface area (Å²) in [6.07, 6.45) is 12.2. The van der Waals surface area contributed by atoms with Gasteiger partial charge < -0.3 is 5.11 Å². The third-order valence-corrected chi connectivity index (χ3v) is 1.55. The fraction of sp³-hybridized carbons (Fsp3) is 0.100. The highest BCUT2D eigenvalue weighted by atomic mass is 16.4. The van der Waals surface area contributed by atoms with Gasteiger partial charge in [0.25, 0.3) is 0 Å². The Balaban J connectivity index is 2.91. The first-order valence-corrected chi connectivity index (χ1v) is 3.50. The highest BCUT2D eigenvalue weighted by molar-refractivity contribution is 5.88. The van der Waals surface area contributed by atoms with E-state index in [9.17, 15) is 4.79 Å². The van der Waals surface area contributed by atoms with Gasteiger partial charge in [-0.3, -0.25) is 0 Å². The second kappa shape index (κ2) is 3.59. The first-order valence-electron chi connectivity index (χ1n) is 3.50. The number of hydrogen-bond donors (Lipinski definition) is 1. The van der Waals surface area contributed by atoms with Crippen LogP contribution in [-0.2, 0) is 4.79 Å². The van der Waals surface area contributed by atoms with E-state index >= 15 is 0 Å². The zero-order valence-electron chi connectivity index (χ0n) is 6.45. The van der Waals surface area contributed by atoms with Crippen molar-refractivity contribution in [3.05, 3.63) is 35.5 Å². The molecule has 0 radical (unpaired) electrons. The molecule has 0 unspecified atom stereocenters. The Morgan fingerprint density at radius 1 is 1.50 bits per heavy atom. The maximum absolute atomic E-state index is 10.6. The maximum Gasteiger partial charge on any atom is 0.331 e. The molecule has 0 saturated carbocycles. The Morgan fingerprint density at radius 2 is 2.17 bits per heavy atom. The van der Waals surface area contributed by atoms with E-state index in [0.29, 0.717) is 17.6 Å². The lowest BCUT2D eigenvalue weighted by atomic mass is 10.1. The Kier molecular flexibility index (Phi) is 2.49. The van der Waals surface area contributed by atoms with Crippen LogP contribution in [0.4, 0.5) is 0 Å². The van der Waals surface area contributed by atoms with E-state index in [0.717, 1.165) is 0 Å². The fourth-order valence-electron chi connectivity index (χ4n) is 0.912. The highest BCUT2D eigenvalue weighted by Crippen LogP contribution is 2.13. The summed E-state index contributed by atoms with van der Waals surface area (Å²) in [6.45, 7) is 0. The van der Waals surface area contributed by atoms with E-state index in [4.69, 9.17) is 11.5 Å². The van der Waals surface area contributed by atoms with Gasteiger partial charge in [0.2, 0.25) is 0 Å². The average Bonchev–Trinajstić information content (AvgIpc) is 2.28. The molecule has 2 nitrogen and oxygen atoms in total. The largest absolute Gasteiger partial charge is 0.478 e. The number of carboxylic acids is 1. The number of aliphatic carboxylic acids is 1. The van der Waals surface area contributed by atoms with Gasteiger partial charge in [-0.05, 0) is 0 Å². The predicted octanol–water partition coefficient (Wildman–Crippen LogP) is 1.52. The lowest BCUT2D eigenvalue weighted by Gasteiger charge is -1.97. The van der Waals surface area contributed by atoms with Crippen LogP contribution in [0.3, 0.4) is 0 Å². The molecule has 1 rings (SSSR count). The molecule has 1 N–H and O–H groups in total. The molecule has 0 aromatic rings. The summed E-state index contributed by atoms with van der Waals surface area (Å²) in [4.78, 5) is 10.6. The quantitative estimate of drug-likeness (QED) is 0.590. The van der Waals surface area contributed by atoms with Gasteiger partial charge in [0.05, 0.1) is 0 Å². The molecule has 1 aliphatic rings. The number of carbonyl (C=O) groups is 1. The molecule has 0 amide bonds. The van der Waals surface area contributed by atoms with E-state index in [1.807, 2.05) is 0 Å². The maximum atomic E-state index is 10.6. The minimum Gasteiger partial charge on any atom is -0.478 e. The predicted molar refractivity (Wildman–Crippen MR) is 46.4 cm³/mol. The van der Waals surface area contributed by atoms with Crippen LogP contribution < -0.4 is 0 Å². The molecule has 0 heterocycles. The van der Waals surface area contributed by atoms with Crippen LogP contribution in [0.15, 0.2) is 35.5 Å². The number of terminal acetylenes is 1. The van der Waals surface area contributed by atoms with Crippen molar-refractivity contribution in [2.45, 2.75) is 6.42 Å². The van der Waals surface area contributed by atoms with E-state index in [1.54, 1.807) is 24.3 Å². The fourth-order valence-corrected chi connectivity index (χ4v) is 0.912. The van der Waals surface area contributed by atoms with Gasteiger partial charge in [0.15, 0.2) is 0 Å². The van der Waals surface area contributed by atoms with Gasteiger partial charge in [-0.1, -0.05) is 30.2 Å². The number of allylic oxidation sites excluding steroid dienone is 5. The molecular weight excluding hydrogens is 152 g/mol. The zero-order valence-corrected chi connectivity index (χ0v) is 6.45. The van der Waals surface area contributed by atoms with Crippen molar-refractivity contribution in [2.24, 2.45) is 0 Å². The summed E-state index contributed by atoms with van der Waals surface area (Å²) in [7, 11) is 0. The van der Waals surface area contributed by atoms with Gasteiger partial charge in [-0.2, -0.15) is 0 Å². The molecular formula is C10H8O2. The zero-order chi connectivity index (χ0) is 8.97. The Morgan fingerprint density at radius 3 is 2.75 bits per heavy atom. The van der Waals surface area contributed by atoms with Crippen LogP contribution in [0.2, 0.25) is 0 Å². The van der Waals surface area contributed by atoms with Crippen molar-refractivity contribution in [1.82, 2.24) is 0 Å². The van der Waals surface area contributed by atoms with Gasteiger partial charge in [-0.25, -0.2) is 4.79 Å². The molecule has 0 spiro atoms. The van der Waals surface area contributed by atoms with Gasteiger partial charge >= 0.3 is 5.97 Å². The van der Waals surface area contributed by atoms with Crippen molar-refractivity contribution in [3.63, 3.8) is 0 Å². The van der Waals surface area contributed by atoms with Crippen LogP contribution in [0, 0.1) is 12.3 Å². The molecule has 0 aromatic heterocycles. The molecule has 2 heteroatoms. The van der Waals surface area contributed by atoms with E-state index in [2.05, 4.69) is 5.92 Å². The molecule has 1 aliphatic carbocycles. The first-order chi connectivity index (χ1) is 5.74. The molecule has 60 valence electrons. The minimum atomic E-state index is -0.914. The van der Waals surface area contributed by atoms with E-state index < -0.39 is 5.97 Å². The third-order valence-electron chi connectivity index (χ3n) is 1.55. The van der Waals surface area contributed by atoms with Gasteiger partial charge in [0, 0.05) is 17.6 Å². The number of hydrogen-bond acceptors (Lipinski definition) is 1. The molecule has 0 saturated heterocycles. The van der Waals surface area contributed by atoms with Crippen LogP contribution in [-0.4, -0.2) is 11.1 Å². The van der Waals surface area contributed by atoms with Crippen LogP contribution >= 0.6 is 0 Å². The Bertz CT molecular complexity index is 324. The number of rotatable bonds is 1. The third kappa shape index (κ3) is 1.86. The minimum absolute atomic E-state index is 0.327. The standard InChI is InChI=1S/C10H8O2/c1-2-8-5-3-4-6-9(7-8)10(11)12/h1,3-6H,7H2,(H,11,12). The number of carboxylic acid groups (broad SMARTS) is 1. The summed E-state index contributed by atoms with van der Waals surface area (Å²) in [6, 6.07) is 0. The summed E-state index contributed by atoms with van der Waals surface area (Å²) in [5.74, 6) is 1.52. The summed E-state index contributed by atoms with van der Waals surface area (Å²) >= 11 is 0.